The molecule has 0 saturated carbocycles. The largest absolute Gasteiger partial charge is 0.273 e. The Labute approximate surface area is 99.6 Å². The molecule has 0 spiro atoms. The third kappa shape index (κ3) is 3.66. The lowest BCUT2D eigenvalue weighted by molar-refractivity contribution is -0.124. The average molecular weight is 243 g/mol. The van der Waals surface area contributed by atoms with Crippen LogP contribution >= 0.6 is 11.6 Å². The number of nitrogens with one attached hydrogen (secondary N) is 2. The molecule has 0 radical (unpaired) electrons. The summed E-state index contributed by atoms with van der Waals surface area (Å²) in [6.07, 6.45) is 4.54. The molecule has 1 rings (SSSR count). The molecule has 1 amide bonds. The fourth-order valence-corrected chi connectivity index (χ4v) is 1.35. The van der Waals surface area contributed by atoms with Crippen molar-refractivity contribution in [3.8, 4) is 0 Å². The first kappa shape index (κ1) is 12.7. The van der Waals surface area contributed by atoms with E-state index in [0.717, 1.165) is 12.8 Å². The Bertz CT molecular complexity index is 337. The predicted molar refractivity (Wildman–Crippen MR) is 62.9 cm³/mol. The molecule has 16 heavy (non-hydrogen) atoms. The summed E-state index contributed by atoms with van der Waals surface area (Å²) in [5, 5.41) is 0.455. The van der Waals surface area contributed by atoms with E-state index in [9.17, 15) is 4.79 Å². The van der Waals surface area contributed by atoms with Crippen molar-refractivity contribution in [2.75, 3.05) is 5.43 Å². The third-order valence-corrected chi connectivity index (χ3v) is 2.47. The van der Waals surface area contributed by atoms with Gasteiger partial charge in [0.1, 0.15) is 0 Å². The summed E-state index contributed by atoms with van der Waals surface area (Å²) in [5.41, 5.74) is 5.20. The Morgan fingerprint density at radius 1 is 1.38 bits per heavy atom. The van der Waals surface area contributed by atoms with Crippen LogP contribution in [0.5, 0.6) is 0 Å². The Kier molecular flexibility index (Phi) is 4.98. The standard InChI is InChI=1S/C10H15ClN4O/c1-3-7(4-2)9(16)14-15-10-12-5-8(11)6-13-10/h5-7H,3-4H2,1-2H3,(H,14,16)(H,12,13,15). The highest BCUT2D eigenvalue weighted by atomic mass is 35.5. The molecule has 5 nitrogen and oxygen atoms in total. The fraction of sp³-hybridized carbons (Fsp3) is 0.500. The summed E-state index contributed by atoms with van der Waals surface area (Å²) in [7, 11) is 0. The number of hydrogen-bond donors (Lipinski definition) is 2. The molecule has 2 N–H and O–H groups in total. The number of hydrazine groups is 1. The van der Waals surface area contributed by atoms with Crippen molar-refractivity contribution >= 4 is 23.5 Å². The van der Waals surface area contributed by atoms with Crippen LogP contribution in [0.1, 0.15) is 26.7 Å². The number of halogens is 1. The molecular formula is C10H15ClN4O. The SMILES string of the molecule is CCC(CC)C(=O)NNc1ncc(Cl)cn1. The van der Waals surface area contributed by atoms with Crippen LogP contribution in [-0.2, 0) is 4.79 Å². The number of nitrogens with zero attached hydrogens (tertiary/aromatic N) is 2. The van der Waals surface area contributed by atoms with E-state index in [1.54, 1.807) is 0 Å². The molecule has 0 aliphatic carbocycles. The van der Waals surface area contributed by atoms with Crippen LogP contribution in [0, 0.1) is 5.92 Å². The quantitative estimate of drug-likeness (QED) is 0.776. The molecule has 0 aromatic carbocycles. The molecule has 0 bridgehead atoms. The molecular weight excluding hydrogens is 228 g/mol. The van der Waals surface area contributed by atoms with Crippen LogP contribution in [0.2, 0.25) is 5.02 Å². The zero-order valence-corrected chi connectivity index (χ0v) is 10.1. The van der Waals surface area contributed by atoms with E-state index in [1.165, 1.54) is 12.4 Å². The Morgan fingerprint density at radius 3 is 2.44 bits per heavy atom. The summed E-state index contributed by atoms with van der Waals surface area (Å²) >= 11 is 5.63. The summed E-state index contributed by atoms with van der Waals surface area (Å²) in [6.45, 7) is 3.96. The van der Waals surface area contributed by atoms with Gasteiger partial charge < -0.3 is 0 Å². The first-order valence-electron chi connectivity index (χ1n) is 5.20. The van der Waals surface area contributed by atoms with Crippen molar-refractivity contribution in [2.45, 2.75) is 26.7 Å². The van der Waals surface area contributed by atoms with E-state index in [4.69, 9.17) is 11.6 Å². The van der Waals surface area contributed by atoms with E-state index in [2.05, 4.69) is 20.8 Å². The van der Waals surface area contributed by atoms with Crippen LogP contribution in [0.15, 0.2) is 12.4 Å². The maximum absolute atomic E-state index is 11.6. The van der Waals surface area contributed by atoms with Gasteiger partial charge in [-0.05, 0) is 12.8 Å². The van der Waals surface area contributed by atoms with Gasteiger partial charge in [-0.25, -0.2) is 9.97 Å². The van der Waals surface area contributed by atoms with Crippen molar-refractivity contribution in [3.05, 3.63) is 17.4 Å². The van der Waals surface area contributed by atoms with E-state index in [0.29, 0.717) is 11.0 Å². The zero-order chi connectivity index (χ0) is 12.0. The molecule has 0 fully saturated rings. The number of anilines is 1. The number of hydrogen-bond acceptors (Lipinski definition) is 4. The average Bonchev–Trinajstić information content (AvgIpc) is 2.30. The smallest absolute Gasteiger partial charge is 0.241 e. The Morgan fingerprint density at radius 2 is 1.94 bits per heavy atom. The fourth-order valence-electron chi connectivity index (χ4n) is 1.26. The van der Waals surface area contributed by atoms with Gasteiger partial charge in [-0.15, -0.1) is 0 Å². The van der Waals surface area contributed by atoms with E-state index >= 15 is 0 Å². The van der Waals surface area contributed by atoms with Gasteiger partial charge in [0, 0.05) is 5.92 Å². The van der Waals surface area contributed by atoms with Crippen LogP contribution in [0.25, 0.3) is 0 Å². The van der Waals surface area contributed by atoms with Crippen molar-refractivity contribution in [1.29, 1.82) is 0 Å². The molecule has 0 atom stereocenters. The summed E-state index contributed by atoms with van der Waals surface area (Å²) < 4.78 is 0. The first-order chi connectivity index (χ1) is 7.67. The first-order valence-corrected chi connectivity index (χ1v) is 5.58. The van der Waals surface area contributed by atoms with E-state index in [-0.39, 0.29) is 11.8 Å². The van der Waals surface area contributed by atoms with Crippen LogP contribution in [0.3, 0.4) is 0 Å². The minimum Gasteiger partial charge on any atom is -0.273 e. The van der Waals surface area contributed by atoms with E-state index < -0.39 is 0 Å². The lowest BCUT2D eigenvalue weighted by Gasteiger charge is -2.12. The van der Waals surface area contributed by atoms with Gasteiger partial charge in [-0.1, -0.05) is 25.4 Å². The van der Waals surface area contributed by atoms with E-state index in [1.807, 2.05) is 13.8 Å². The molecule has 6 heteroatoms. The second kappa shape index (κ2) is 6.27. The third-order valence-electron chi connectivity index (χ3n) is 2.27. The predicted octanol–water partition coefficient (Wildman–Crippen LogP) is 2.01. The number of aromatic nitrogens is 2. The Balaban J connectivity index is 2.45. The molecule has 0 unspecified atom stereocenters. The minimum absolute atomic E-state index is 0.0137. The number of rotatable bonds is 5. The maximum atomic E-state index is 11.6. The monoisotopic (exact) mass is 242 g/mol. The number of amides is 1. The topological polar surface area (TPSA) is 66.9 Å². The van der Waals surface area contributed by atoms with Crippen molar-refractivity contribution < 1.29 is 4.79 Å². The normalized spacial score (nSPS) is 10.2. The number of carbonyl (C=O) groups is 1. The molecule has 0 saturated heterocycles. The molecule has 1 heterocycles. The van der Waals surface area contributed by atoms with Gasteiger partial charge in [0.25, 0.3) is 0 Å². The highest BCUT2D eigenvalue weighted by Crippen LogP contribution is 2.07. The molecule has 0 aliphatic heterocycles. The second-order valence-corrected chi connectivity index (χ2v) is 3.79. The van der Waals surface area contributed by atoms with Crippen LogP contribution in [0.4, 0.5) is 5.95 Å². The highest BCUT2D eigenvalue weighted by molar-refractivity contribution is 6.30. The molecule has 0 aliphatic rings. The Hall–Kier alpha value is -1.36. The zero-order valence-electron chi connectivity index (χ0n) is 9.33. The molecule has 1 aromatic heterocycles. The summed E-state index contributed by atoms with van der Waals surface area (Å²) in [5.74, 6) is 0.284. The van der Waals surface area contributed by atoms with Gasteiger partial charge in [-0.2, -0.15) is 0 Å². The summed E-state index contributed by atoms with van der Waals surface area (Å²) in [4.78, 5) is 19.4. The van der Waals surface area contributed by atoms with Crippen LogP contribution in [-0.4, -0.2) is 15.9 Å². The number of carbonyl (C=O) groups excluding carboxylic acids is 1. The van der Waals surface area contributed by atoms with Gasteiger partial charge in [0.2, 0.25) is 11.9 Å². The highest BCUT2D eigenvalue weighted by Gasteiger charge is 2.13. The van der Waals surface area contributed by atoms with Crippen molar-refractivity contribution in [2.24, 2.45) is 5.92 Å². The second-order valence-electron chi connectivity index (χ2n) is 3.35. The molecule has 88 valence electrons. The summed E-state index contributed by atoms with van der Waals surface area (Å²) in [6, 6.07) is 0. The lowest BCUT2D eigenvalue weighted by Crippen LogP contribution is -2.35. The van der Waals surface area contributed by atoms with Crippen molar-refractivity contribution in [3.63, 3.8) is 0 Å². The van der Waals surface area contributed by atoms with Gasteiger partial charge in [0.05, 0.1) is 17.4 Å². The molecule has 1 aromatic rings. The van der Waals surface area contributed by atoms with Crippen molar-refractivity contribution in [1.82, 2.24) is 15.4 Å². The van der Waals surface area contributed by atoms with Gasteiger partial charge in [-0.3, -0.25) is 15.6 Å². The van der Waals surface area contributed by atoms with Crippen LogP contribution < -0.4 is 10.9 Å². The minimum atomic E-state index is -0.0523. The lowest BCUT2D eigenvalue weighted by atomic mass is 10.0. The van der Waals surface area contributed by atoms with Gasteiger partial charge in [0.15, 0.2) is 0 Å². The van der Waals surface area contributed by atoms with Gasteiger partial charge >= 0.3 is 0 Å². The maximum Gasteiger partial charge on any atom is 0.241 e.